The van der Waals surface area contributed by atoms with Crippen LogP contribution in [0.5, 0.6) is 0 Å². The van der Waals surface area contributed by atoms with Gasteiger partial charge in [0, 0.05) is 0 Å². The molecule has 0 saturated heterocycles. The van der Waals surface area contributed by atoms with E-state index in [1.165, 1.54) is 44.9 Å². The van der Waals surface area contributed by atoms with Crippen molar-refractivity contribution in [2.24, 2.45) is 11.3 Å². The van der Waals surface area contributed by atoms with Gasteiger partial charge in [-0.05, 0) is 37.8 Å². The van der Waals surface area contributed by atoms with Crippen molar-refractivity contribution in [3.8, 4) is 0 Å². The first kappa shape index (κ1) is 20.9. The largest absolute Gasteiger partial charge is 0.300 e. The highest BCUT2D eigenvalue weighted by Gasteiger charge is 2.39. The molecule has 0 fully saturated rings. The summed E-state index contributed by atoms with van der Waals surface area (Å²) in [4.78, 5) is 0. The summed E-state index contributed by atoms with van der Waals surface area (Å²) in [6.07, 6.45) is 9.61. The molecule has 0 heterocycles. The van der Waals surface area contributed by atoms with E-state index < -0.39 is 0 Å². The summed E-state index contributed by atoms with van der Waals surface area (Å²) < 4.78 is 0. The molecule has 1 unspecified atom stereocenters. The van der Waals surface area contributed by atoms with Crippen LogP contribution in [0.3, 0.4) is 0 Å². The fourth-order valence-electron chi connectivity index (χ4n) is 3.76. The van der Waals surface area contributed by atoms with Crippen LogP contribution in [0.2, 0.25) is 0 Å². The van der Waals surface area contributed by atoms with Crippen molar-refractivity contribution in [1.29, 1.82) is 0 Å². The number of nitrogens with one attached hydrogen (secondary N) is 2. The quantitative estimate of drug-likeness (QED) is 0.375. The molecule has 0 amide bonds. The summed E-state index contributed by atoms with van der Waals surface area (Å²) in [7, 11) is 0. The first-order chi connectivity index (χ1) is 9.81. The standard InChI is InChI=1S/C19H42N2/c1-8-11-12-13-14-15-16-17(18(4,5)6)19(7,20-9-2)21-10-3/h17,20-21H,8-16H2,1-7H3. The molecule has 0 saturated carbocycles. The lowest BCUT2D eigenvalue weighted by Gasteiger charge is -2.46. The molecule has 0 radical (unpaired) electrons. The predicted molar refractivity (Wildman–Crippen MR) is 96.7 cm³/mol. The van der Waals surface area contributed by atoms with Crippen LogP contribution in [0.1, 0.15) is 93.4 Å². The highest BCUT2D eigenvalue weighted by molar-refractivity contribution is 4.93. The van der Waals surface area contributed by atoms with Crippen molar-refractivity contribution in [2.45, 2.75) is 99.1 Å². The van der Waals surface area contributed by atoms with E-state index in [0.717, 1.165) is 13.1 Å². The Morgan fingerprint density at radius 1 is 0.714 bits per heavy atom. The second-order valence-electron chi connectivity index (χ2n) is 7.74. The van der Waals surface area contributed by atoms with Crippen LogP contribution in [-0.4, -0.2) is 18.8 Å². The van der Waals surface area contributed by atoms with E-state index in [1.54, 1.807) is 0 Å². The van der Waals surface area contributed by atoms with Crippen LogP contribution in [0.15, 0.2) is 0 Å². The molecule has 1 atom stereocenters. The molecule has 0 aromatic heterocycles. The minimum atomic E-state index is 0.0468. The monoisotopic (exact) mass is 298 g/mol. The Hall–Kier alpha value is -0.0800. The fraction of sp³-hybridized carbons (Fsp3) is 1.00. The Morgan fingerprint density at radius 3 is 1.62 bits per heavy atom. The van der Waals surface area contributed by atoms with Gasteiger partial charge in [0.1, 0.15) is 0 Å². The molecular weight excluding hydrogens is 256 g/mol. The molecule has 0 aliphatic rings. The Balaban J connectivity index is 4.56. The van der Waals surface area contributed by atoms with Gasteiger partial charge in [-0.1, -0.05) is 80.1 Å². The molecule has 0 aliphatic carbocycles. The molecule has 0 aromatic rings. The van der Waals surface area contributed by atoms with E-state index >= 15 is 0 Å². The molecule has 0 aliphatic heterocycles. The molecular formula is C19H42N2. The molecule has 2 nitrogen and oxygen atoms in total. The minimum Gasteiger partial charge on any atom is -0.300 e. The van der Waals surface area contributed by atoms with Gasteiger partial charge in [0.15, 0.2) is 0 Å². The zero-order valence-corrected chi connectivity index (χ0v) is 15.9. The Morgan fingerprint density at radius 2 is 1.19 bits per heavy atom. The Kier molecular flexibility index (Phi) is 10.6. The summed E-state index contributed by atoms with van der Waals surface area (Å²) in [6, 6.07) is 0. The topological polar surface area (TPSA) is 24.1 Å². The highest BCUT2D eigenvalue weighted by atomic mass is 15.2. The van der Waals surface area contributed by atoms with Gasteiger partial charge in [0.25, 0.3) is 0 Å². The average molecular weight is 299 g/mol. The maximum atomic E-state index is 3.72. The number of unbranched alkanes of at least 4 members (excludes halogenated alkanes) is 5. The van der Waals surface area contributed by atoms with Crippen molar-refractivity contribution in [1.82, 2.24) is 10.6 Å². The van der Waals surface area contributed by atoms with Crippen molar-refractivity contribution >= 4 is 0 Å². The van der Waals surface area contributed by atoms with Crippen molar-refractivity contribution in [2.75, 3.05) is 13.1 Å². The normalized spacial score (nSPS) is 14.4. The van der Waals surface area contributed by atoms with Gasteiger partial charge in [-0.25, -0.2) is 0 Å². The van der Waals surface area contributed by atoms with Crippen LogP contribution in [0.25, 0.3) is 0 Å². The highest BCUT2D eigenvalue weighted by Crippen LogP contribution is 2.37. The van der Waals surface area contributed by atoms with Crippen LogP contribution in [0.4, 0.5) is 0 Å². The van der Waals surface area contributed by atoms with Gasteiger partial charge in [0.2, 0.25) is 0 Å². The molecule has 0 rings (SSSR count). The molecule has 0 spiro atoms. The van der Waals surface area contributed by atoms with Crippen LogP contribution in [-0.2, 0) is 0 Å². The van der Waals surface area contributed by atoms with Crippen molar-refractivity contribution in [3.63, 3.8) is 0 Å². The van der Waals surface area contributed by atoms with Crippen LogP contribution in [0, 0.1) is 11.3 Å². The molecule has 2 heteroatoms. The zero-order chi connectivity index (χ0) is 16.4. The molecule has 2 N–H and O–H groups in total. The minimum absolute atomic E-state index is 0.0468. The second-order valence-corrected chi connectivity index (χ2v) is 7.74. The third kappa shape index (κ3) is 8.21. The van der Waals surface area contributed by atoms with Crippen molar-refractivity contribution < 1.29 is 0 Å². The van der Waals surface area contributed by atoms with E-state index in [2.05, 4.69) is 59.1 Å². The van der Waals surface area contributed by atoms with E-state index in [1.807, 2.05) is 0 Å². The summed E-state index contributed by atoms with van der Waals surface area (Å²) in [5.41, 5.74) is 0.369. The summed E-state index contributed by atoms with van der Waals surface area (Å²) in [5.74, 6) is 0.649. The second kappa shape index (κ2) is 10.6. The lowest BCUT2D eigenvalue weighted by atomic mass is 9.70. The molecule has 0 bridgehead atoms. The van der Waals surface area contributed by atoms with Gasteiger partial charge in [-0.3, -0.25) is 10.6 Å². The Labute approximate surface area is 134 Å². The first-order valence-corrected chi connectivity index (χ1v) is 9.31. The maximum absolute atomic E-state index is 3.72. The third-order valence-electron chi connectivity index (χ3n) is 4.68. The summed E-state index contributed by atoms with van der Waals surface area (Å²) in [5, 5.41) is 7.43. The van der Waals surface area contributed by atoms with Crippen LogP contribution >= 0.6 is 0 Å². The number of rotatable bonds is 12. The summed E-state index contributed by atoms with van der Waals surface area (Å²) >= 11 is 0. The average Bonchev–Trinajstić information content (AvgIpc) is 2.36. The van der Waals surface area contributed by atoms with Gasteiger partial charge < -0.3 is 0 Å². The van der Waals surface area contributed by atoms with Gasteiger partial charge in [-0.15, -0.1) is 0 Å². The number of hydrogen-bond donors (Lipinski definition) is 2. The van der Waals surface area contributed by atoms with E-state index in [9.17, 15) is 0 Å². The SMILES string of the molecule is CCCCCCCCC(C(C)(C)C)C(C)(NCC)NCC. The van der Waals surface area contributed by atoms with E-state index in [-0.39, 0.29) is 5.66 Å². The van der Waals surface area contributed by atoms with Gasteiger partial charge >= 0.3 is 0 Å². The first-order valence-electron chi connectivity index (χ1n) is 9.31. The van der Waals surface area contributed by atoms with Gasteiger partial charge in [-0.2, -0.15) is 0 Å². The lowest BCUT2D eigenvalue weighted by molar-refractivity contribution is 0.0716. The van der Waals surface area contributed by atoms with Crippen molar-refractivity contribution in [3.05, 3.63) is 0 Å². The molecule has 0 aromatic carbocycles. The number of hydrogen-bond acceptors (Lipinski definition) is 2. The Bertz CT molecular complexity index is 236. The van der Waals surface area contributed by atoms with E-state index in [0.29, 0.717) is 11.3 Å². The summed E-state index contributed by atoms with van der Waals surface area (Å²) in [6.45, 7) is 18.3. The molecule has 128 valence electrons. The van der Waals surface area contributed by atoms with Crippen LogP contribution < -0.4 is 10.6 Å². The van der Waals surface area contributed by atoms with E-state index in [4.69, 9.17) is 0 Å². The van der Waals surface area contributed by atoms with Gasteiger partial charge in [0.05, 0.1) is 5.66 Å². The predicted octanol–water partition coefficient (Wildman–Crippen LogP) is 5.33. The lowest BCUT2D eigenvalue weighted by Crippen LogP contribution is -2.62. The fourth-order valence-corrected chi connectivity index (χ4v) is 3.76. The molecule has 21 heavy (non-hydrogen) atoms. The third-order valence-corrected chi connectivity index (χ3v) is 4.68. The maximum Gasteiger partial charge on any atom is 0.0692 e. The zero-order valence-electron chi connectivity index (χ0n) is 15.9. The smallest absolute Gasteiger partial charge is 0.0692 e.